The van der Waals surface area contributed by atoms with Gasteiger partial charge in [-0.05, 0) is 0 Å². The summed E-state index contributed by atoms with van der Waals surface area (Å²) in [5.41, 5.74) is 0. The standard InChI is InChI=1S/H3N.H5O10P3/c;1-11(2,3)9-13(7,8)10-12(4,5)6/h1H3;(H,7,8)(H2,1,2,3)(H2,4,5,6). The number of hydrogen-bond donors (Lipinski definition) is 6. The second kappa shape index (κ2) is 4.93. The molecule has 0 radical (unpaired) electrons. The Morgan fingerprint density at radius 1 is 0.714 bits per heavy atom. The summed E-state index contributed by atoms with van der Waals surface area (Å²) in [6, 6.07) is 0. The molecule has 0 atom stereocenters. The van der Waals surface area contributed by atoms with Gasteiger partial charge in [0.25, 0.3) is 0 Å². The zero-order valence-electron chi connectivity index (χ0n) is 6.33. The van der Waals surface area contributed by atoms with Gasteiger partial charge in [-0.1, -0.05) is 0 Å². The first-order valence-electron chi connectivity index (χ1n) is 2.28. The van der Waals surface area contributed by atoms with Crippen LogP contribution in [0.2, 0.25) is 0 Å². The SMILES string of the molecule is N.O=P(O)(O)OP(=O)(O)OP(=O)(O)O. The van der Waals surface area contributed by atoms with Crippen LogP contribution in [-0.2, 0) is 22.3 Å². The number of rotatable bonds is 4. The smallest absolute Gasteiger partial charge is 0.344 e. The van der Waals surface area contributed by atoms with Crippen molar-refractivity contribution >= 4 is 23.5 Å². The van der Waals surface area contributed by atoms with Crippen molar-refractivity contribution in [2.24, 2.45) is 0 Å². The molecule has 0 fully saturated rings. The highest BCUT2D eigenvalue weighted by Gasteiger charge is 2.38. The van der Waals surface area contributed by atoms with E-state index in [4.69, 9.17) is 24.5 Å². The summed E-state index contributed by atoms with van der Waals surface area (Å²) in [7, 11) is -16.2. The lowest BCUT2D eigenvalue weighted by atomic mass is 14.0. The first-order chi connectivity index (χ1) is 5.41. The number of phosphoric acid groups is 3. The maximum atomic E-state index is 10.4. The predicted molar refractivity (Wildman–Crippen MR) is 41.1 cm³/mol. The Balaban J connectivity index is 0. The van der Waals surface area contributed by atoms with Crippen LogP contribution >= 0.6 is 23.5 Å². The minimum atomic E-state index is -5.46. The molecular weight excluding hydrogens is 267 g/mol. The van der Waals surface area contributed by atoms with Crippen LogP contribution in [0.15, 0.2) is 0 Å². The number of hydrogen-bond acceptors (Lipinski definition) is 6. The van der Waals surface area contributed by atoms with Crippen LogP contribution < -0.4 is 6.15 Å². The van der Waals surface area contributed by atoms with Crippen molar-refractivity contribution in [2.45, 2.75) is 0 Å². The maximum absolute atomic E-state index is 10.4. The van der Waals surface area contributed by atoms with Crippen molar-refractivity contribution in [3.05, 3.63) is 0 Å². The van der Waals surface area contributed by atoms with Gasteiger partial charge in [0.05, 0.1) is 0 Å². The van der Waals surface area contributed by atoms with Crippen molar-refractivity contribution in [3.8, 4) is 0 Å². The first-order valence-corrected chi connectivity index (χ1v) is 6.83. The van der Waals surface area contributed by atoms with Crippen molar-refractivity contribution in [1.29, 1.82) is 0 Å². The highest BCUT2D eigenvalue weighted by Crippen LogP contribution is 2.64. The Labute approximate surface area is 77.4 Å². The summed E-state index contributed by atoms with van der Waals surface area (Å²) in [6.45, 7) is 0. The third kappa shape index (κ3) is 10.5. The van der Waals surface area contributed by atoms with E-state index < -0.39 is 23.5 Å². The molecule has 88 valence electrons. The van der Waals surface area contributed by atoms with Crippen molar-refractivity contribution in [1.82, 2.24) is 6.15 Å². The summed E-state index contributed by atoms with van der Waals surface area (Å²) < 4.78 is 36.4. The molecule has 14 heavy (non-hydrogen) atoms. The lowest BCUT2D eigenvalue weighted by molar-refractivity contribution is 0.204. The minimum Gasteiger partial charge on any atom is -0.344 e. The molecule has 0 rings (SSSR count). The summed E-state index contributed by atoms with van der Waals surface area (Å²) in [6.07, 6.45) is 0. The fraction of sp³-hybridized carbons (Fsp3) is 0. The van der Waals surface area contributed by atoms with Gasteiger partial charge < -0.3 is 30.6 Å². The molecule has 14 heteroatoms. The highest BCUT2D eigenvalue weighted by molar-refractivity contribution is 7.66. The summed E-state index contributed by atoms with van der Waals surface area (Å²) >= 11 is 0. The Kier molecular flexibility index (Phi) is 5.91. The van der Waals surface area contributed by atoms with Gasteiger partial charge in [-0.3, -0.25) is 0 Å². The Bertz CT molecular complexity index is 277. The van der Waals surface area contributed by atoms with Gasteiger partial charge in [-0.15, -0.1) is 0 Å². The molecule has 0 amide bonds. The lowest BCUT2D eigenvalue weighted by Crippen LogP contribution is -1.91. The molecule has 0 heterocycles. The van der Waals surface area contributed by atoms with E-state index in [1.807, 2.05) is 0 Å². The van der Waals surface area contributed by atoms with Crippen molar-refractivity contribution < 1.29 is 46.8 Å². The van der Waals surface area contributed by atoms with Crippen LogP contribution in [0, 0.1) is 0 Å². The fourth-order valence-corrected chi connectivity index (χ4v) is 2.82. The van der Waals surface area contributed by atoms with Crippen LogP contribution in [0.25, 0.3) is 0 Å². The molecular formula is H8NO10P3. The van der Waals surface area contributed by atoms with E-state index in [2.05, 4.69) is 8.62 Å². The summed E-state index contributed by atoms with van der Waals surface area (Å²) in [5.74, 6) is 0. The monoisotopic (exact) mass is 275 g/mol. The van der Waals surface area contributed by atoms with Gasteiger partial charge in [-0.25, -0.2) is 13.7 Å². The van der Waals surface area contributed by atoms with E-state index in [-0.39, 0.29) is 6.15 Å². The molecule has 0 saturated carbocycles. The average molecular weight is 275 g/mol. The highest BCUT2D eigenvalue weighted by atomic mass is 31.3. The molecule has 0 aliphatic rings. The van der Waals surface area contributed by atoms with E-state index in [0.717, 1.165) is 0 Å². The quantitative estimate of drug-likeness (QED) is 0.359. The molecule has 0 aliphatic heterocycles. The van der Waals surface area contributed by atoms with Gasteiger partial charge in [0, 0.05) is 0 Å². The average Bonchev–Trinajstić information content (AvgIpc) is 1.43. The fourth-order valence-electron chi connectivity index (χ4n) is 0.284. The minimum absolute atomic E-state index is 0. The van der Waals surface area contributed by atoms with E-state index in [0.29, 0.717) is 0 Å². The predicted octanol–water partition coefficient (Wildman–Crippen LogP) is -0.533. The normalized spacial score (nSPS) is 13.5. The molecule has 0 aromatic heterocycles. The van der Waals surface area contributed by atoms with Gasteiger partial charge in [0.15, 0.2) is 0 Å². The molecule has 0 aromatic rings. The first kappa shape index (κ1) is 16.8. The van der Waals surface area contributed by atoms with E-state index >= 15 is 0 Å². The molecule has 0 bridgehead atoms. The van der Waals surface area contributed by atoms with E-state index in [9.17, 15) is 13.7 Å². The van der Waals surface area contributed by atoms with Crippen LogP contribution in [0.5, 0.6) is 0 Å². The third-order valence-corrected chi connectivity index (χ3v) is 3.77. The maximum Gasteiger partial charge on any atom is 0.490 e. The van der Waals surface area contributed by atoms with Crippen LogP contribution in [0.4, 0.5) is 0 Å². The zero-order valence-corrected chi connectivity index (χ0v) is 9.01. The molecule has 0 saturated heterocycles. The van der Waals surface area contributed by atoms with Crippen molar-refractivity contribution in [2.75, 3.05) is 0 Å². The zero-order chi connectivity index (χ0) is 10.9. The van der Waals surface area contributed by atoms with E-state index in [1.54, 1.807) is 0 Å². The van der Waals surface area contributed by atoms with E-state index in [1.165, 1.54) is 0 Å². The second-order valence-electron chi connectivity index (χ2n) is 1.61. The Morgan fingerprint density at radius 2 is 0.929 bits per heavy atom. The molecule has 0 spiro atoms. The third-order valence-electron chi connectivity index (χ3n) is 0.419. The molecule has 8 N–H and O–H groups in total. The Morgan fingerprint density at radius 3 is 1.07 bits per heavy atom. The lowest BCUT2D eigenvalue weighted by Gasteiger charge is -2.11. The van der Waals surface area contributed by atoms with Crippen LogP contribution in [0.1, 0.15) is 0 Å². The van der Waals surface area contributed by atoms with Crippen molar-refractivity contribution in [3.63, 3.8) is 0 Å². The van der Waals surface area contributed by atoms with Crippen LogP contribution in [0.3, 0.4) is 0 Å². The molecule has 0 aliphatic carbocycles. The summed E-state index contributed by atoms with van der Waals surface area (Å²) in [5, 5.41) is 0. The Hall–Kier alpha value is 0.370. The van der Waals surface area contributed by atoms with Gasteiger partial charge >= 0.3 is 23.5 Å². The van der Waals surface area contributed by atoms with Gasteiger partial charge in [0.2, 0.25) is 0 Å². The molecule has 0 unspecified atom stereocenters. The largest absolute Gasteiger partial charge is 0.490 e. The van der Waals surface area contributed by atoms with Gasteiger partial charge in [-0.2, -0.15) is 8.62 Å². The molecule has 11 nitrogen and oxygen atoms in total. The molecule has 0 aromatic carbocycles. The second-order valence-corrected chi connectivity index (χ2v) is 5.82. The van der Waals surface area contributed by atoms with Crippen LogP contribution in [-0.4, -0.2) is 24.5 Å². The summed E-state index contributed by atoms with van der Waals surface area (Å²) in [4.78, 5) is 40.2. The van der Waals surface area contributed by atoms with Gasteiger partial charge in [0.1, 0.15) is 0 Å². The topological polar surface area (TPSA) is 206 Å².